The average Bonchev–Trinajstić information content (AvgIpc) is 3.11. The van der Waals surface area contributed by atoms with Gasteiger partial charge in [-0.25, -0.2) is 0 Å². The van der Waals surface area contributed by atoms with Gasteiger partial charge in [-0.05, 0) is 39.9 Å². The molecule has 0 amide bonds. The minimum Gasteiger partial charge on any atom is -0.320 e. The van der Waals surface area contributed by atoms with Crippen molar-refractivity contribution in [2.45, 2.75) is 6.04 Å². The molecule has 1 aromatic carbocycles. The average molecular weight is 301 g/mol. The van der Waals surface area contributed by atoms with E-state index < -0.39 is 0 Å². The number of benzene rings is 1. The standard InChI is InChI=1S/C15H11NS3/c16-14(13-8-12-11(19-13)5-7-17-12)10-3-1-2-9-4-6-18-15(9)10/h1-8,14H,16H2. The van der Waals surface area contributed by atoms with Crippen molar-refractivity contribution in [1.29, 1.82) is 0 Å². The van der Waals surface area contributed by atoms with E-state index in [1.807, 2.05) is 11.3 Å². The van der Waals surface area contributed by atoms with E-state index in [4.69, 9.17) is 5.73 Å². The molecular weight excluding hydrogens is 290 g/mol. The van der Waals surface area contributed by atoms with Crippen molar-refractivity contribution in [3.63, 3.8) is 0 Å². The quantitative estimate of drug-likeness (QED) is 0.539. The summed E-state index contributed by atoms with van der Waals surface area (Å²) in [5, 5.41) is 5.56. The summed E-state index contributed by atoms with van der Waals surface area (Å²) in [5.74, 6) is 0. The van der Waals surface area contributed by atoms with Crippen LogP contribution >= 0.6 is 34.0 Å². The first-order valence-electron chi connectivity index (χ1n) is 6.01. The largest absolute Gasteiger partial charge is 0.320 e. The molecule has 0 saturated heterocycles. The van der Waals surface area contributed by atoms with Crippen LogP contribution in [0.15, 0.2) is 47.2 Å². The van der Waals surface area contributed by atoms with E-state index in [9.17, 15) is 0 Å². The van der Waals surface area contributed by atoms with Gasteiger partial charge in [-0.2, -0.15) is 0 Å². The summed E-state index contributed by atoms with van der Waals surface area (Å²) in [6.45, 7) is 0. The number of hydrogen-bond acceptors (Lipinski definition) is 4. The minimum absolute atomic E-state index is 0.0213. The van der Waals surface area contributed by atoms with Crippen molar-refractivity contribution < 1.29 is 0 Å². The summed E-state index contributed by atoms with van der Waals surface area (Å²) in [5.41, 5.74) is 7.72. The van der Waals surface area contributed by atoms with Crippen LogP contribution in [-0.4, -0.2) is 0 Å². The van der Waals surface area contributed by atoms with Crippen LogP contribution in [0.5, 0.6) is 0 Å². The lowest BCUT2D eigenvalue weighted by Gasteiger charge is -2.11. The molecule has 4 heteroatoms. The van der Waals surface area contributed by atoms with Crippen molar-refractivity contribution in [3.05, 3.63) is 57.6 Å². The molecule has 4 rings (SSSR count). The van der Waals surface area contributed by atoms with E-state index >= 15 is 0 Å². The van der Waals surface area contributed by atoms with Crippen LogP contribution in [0.3, 0.4) is 0 Å². The molecule has 0 bridgehead atoms. The van der Waals surface area contributed by atoms with Crippen molar-refractivity contribution in [3.8, 4) is 0 Å². The molecule has 0 fully saturated rings. The highest BCUT2D eigenvalue weighted by Gasteiger charge is 2.15. The molecular formula is C15H11NS3. The highest BCUT2D eigenvalue weighted by atomic mass is 32.1. The van der Waals surface area contributed by atoms with Gasteiger partial charge in [0.05, 0.1) is 6.04 Å². The van der Waals surface area contributed by atoms with Crippen molar-refractivity contribution in [2.24, 2.45) is 5.73 Å². The SMILES string of the molecule is NC(c1cc2sccc2s1)c1cccc2ccsc12. The van der Waals surface area contributed by atoms with E-state index in [0.717, 1.165) is 0 Å². The molecule has 1 unspecified atom stereocenters. The third kappa shape index (κ3) is 1.83. The molecule has 0 saturated carbocycles. The van der Waals surface area contributed by atoms with Crippen LogP contribution in [0.4, 0.5) is 0 Å². The van der Waals surface area contributed by atoms with E-state index in [0.29, 0.717) is 0 Å². The van der Waals surface area contributed by atoms with Gasteiger partial charge in [0.25, 0.3) is 0 Å². The van der Waals surface area contributed by atoms with Gasteiger partial charge in [0.2, 0.25) is 0 Å². The Morgan fingerprint density at radius 1 is 0.947 bits per heavy atom. The van der Waals surface area contributed by atoms with Crippen LogP contribution in [0.1, 0.15) is 16.5 Å². The Bertz CT molecular complexity index is 824. The zero-order chi connectivity index (χ0) is 12.8. The summed E-state index contributed by atoms with van der Waals surface area (Å²) in [4.78, 5) is 1.25. The Morgan fingerprint density at radius 3 is 2.74 bits per heavy atom. The van der Waals surface area contributed by atoms with Crippen LogP contribution in [0.25, 0.3) is 19.5 Å². The predicted molar refractivity (Wildman–Crippen MR) is 87.6 cm³/mol. The molecule has 0 aliphatic rings. The summed E-state index contributed by atoms with van der Waals surface area (Å²) in [7, 11) is 0. The Morgan fingerprint density at radius 2 is 1.84 bits per heavy atom. The molecule has 0 spiro atoms. The Hall–Kier alpha value is -1.20. The molecule has 2 N–H and O–H groups in total. The molecule has 3 aromatic heterocycles. The van der Waals surface area contributed by atoms with E-state index in [1.165, 1.54) is 29.9 Å². The number of thiophene rings is 3. The molecule has 4 aromatic rings. The fourth-order valence-corrected chi connectivity index (χ4v) is 5.45. The van der Waals surface area contributed by atoms with Gasteiger partial charge in [-0.3, -0.25) is 0 Å². The lowest BCUT2D eigenvalue weighted by atomic mass is 10.0. The molecule has 19 heavy (non-hydrogen) atoms. The van der Waals surface area contributed by atoms with Gasteiger partial charge in [0, 0.05) is 19.0 Å². The van der Waals surface area contributed by atoms with E-state index in [2.05, 4.69) is 47.2 Å². The Balaban J connectivity index is 1.87. The monoisotopic (exact) mass is 301 g/mol. The number of nitrogens with two attached hydrogens (primary N) is 1. The fraction of sp³-hybridized carbons (Fsp3) is 0.0667. The summed E-state index contributed by atoms with van der Waals surface area (Å²) < 4.78 is 3.99. The second-order valence-corrected chi connectivity index (χ2v) is 7.44. The lowest BCUT2D eigenvalue weighted by Crippen LogP contribution is -2.10. The first-order valence-corrected chi connectivity index (χ1v) is 8.59. The number of hydrogen-bond donors (Lipinski definition) is 1. The van der Waals surface area contributed by atoms with Gasteiger partial charge in [0.1, 0.15) is 0 Å². The second kappa shape index (κ2) is 4.42. The first kappa shape index (κ1) is 11.6. The normalized spacial score (nSPS) is 13.3. The zero-order valence-corrected chi connectivity index (χ0v) is 12.4. The summed E-state index contributed by atoms with van der Waals surface area (Å²) in [6.07, 6.45) is 0. The lowest BCUT2D eigenvalue weighted by molar-refractivity contribution is 0.906. The van der Waals surface area contributed by atoms with Gasteiger partial charge >= 0.3 is 0 Å². The highest BCUT2D eigenvalue weighted by molar-refractivity contribution is 7.27. The van der Waals surface area contributed by atoms with Gasteiger partial charge in [-0.1, -0.05) is 18.2 Å². The molecule has 0 radical (unpaired) electrons. The van der Waals surface area contributed by atoms with Crippen LogP contribution < -0.4 is 5.73 Å². The topological polar surface area (TPSA) is 26.0 Å². The second-order valence-electron chi connectivity index (χ2n) is 4.46. The number of fused-ring (bicyclic) bond motifs is 2. The molecule has 94 valence electrons. The molecule has 1 nitrogen and oxygen atoms in total. The van der Waals surface area contributed by atoms with Gasteiger partial charge in [-0.15, -0.1) is 34.0 Å². The van der Waals surface area contributed by atoms with Gasteiger partial charge < -0.3 is 5.73 Å². The van der Waals surface area contributed by atoms with Crippen molar-refractivity contribution >= 4 is 53.5 Å². The maximum atomic E-state index is 6.49. The summed E-state index contributed by atoms with van der Waals surface area (Å²) >= 11 is 5.36. The Labute approximate surface area is 122 Å². The number of rotatable bonds is 2. The van der Waals surface area contributed by atoms with Crippen molar-refractivity contribution in [1.82, 2.24) is 0 Å². The minimum atomic E-state index is -0.0213. The molecule has 0 aliphatic carbocycles. The third-order valence-electron chi connectivity index (χ3n) is 3.31. The smallest absolute Gasteiger partial charge is 0.0660 e. The molecule has 0 aliphatic heterocycles. The maximum Gasteiger partial charge on any atom is 0.0660 e. The van der Waals surface area contributed by atoms with Gasteiger partial charge in [0.15, 0.2) is 0 Å². The maximum absolute atomic E-state index is 6.49. The molecule has 1 atom stereocenters. The highest BCUT2D eigenvalue weighted by Crippen LogP contribution is 2.37. The van der Waals surface area contributed by atoms with Crippen LogP contribution in [0.2, 0.25) is 0 Å². The Kier molecular flexibility index (Phi) is 2.70. The van der Waals surface area contributed by atoms with E-state index in [1.54, 1.807) is 22.7 Å². The van der Waals surface area contributed by atoms with Crippen LogP contribution in [-0.2, 0) is 0 Å². The zero-order valence-electron chi connectivity index (χ0n) is 10.00. The van der Waals surface area contributed by atoms with E-state index in [-0.39, 0.29) is 6.04 Å². The van der Waals surface area contributed by atoms with Crippen LogP contribution in [0, 0.1) is 0 Å². The first-order chi connectivity index (χ1) is 9.33. The fourth-order valence-electron chi connectivity index (χ4n) is 2.35. The van der Waals surface area contributed by atoms with Crippen molar-refractivity contribution in [2.75, 3.05) is 0 Å². The summed E-state index contributed by atoms with van der Waals surface area (Å²) in [6, 6.07) is 12.9. The predicted octanol–water partition coefficient (Wildman–Crippen LogP) is 5.23. The molecule has 3 heterocycles. The third-order valence-corrected chi connectivity index (χ3v) is 6.47.